The lowest BCUT2D eigenvalue weighted by Crippen LogP contribution is -2.48. The lowest BCUT2D eigenvalue weighted by atomic mass is 9.93. The Hall–Kier alpha value is -1.06. The number of carbonyl (C=O) groups excluding carboxylic acids is 1. The monoisotopic (exact) mass is 267 g/mol. The second-order valence-electron chi connectivity index (χ2n) is 4.43. The average molecular weight is 268 g/mol. The lowest BCUT2D eigenvalue weighted by molar-refractivity contribution is -0.138. The van der Waals surface area contributed by atoms with E-state index in [1.807, 2.05) is 37.3 Å². The number of carbonyl (C=O) groups is 1. The fourth-order valence-electron chi connectivity index (χ4n) is 2.20. The van der Waals surface area contributed by atoms with Gasteiger partial charge in [0.1, 0.15) is 4.87 Å². The predicted octanol–water partition coefficient (Wildman–Crippen LogP) is 2.39. The standard InChI is InChI=1S/C14H18ClNO2/c1-2-14(15,12-6-4-3-5-7-12)13(17)16-8-10-18-11-9-16/h3-7H,2,8-11H2,1H3. The molecule has 1 heterocycles. The third kappa shape index (κ3) is 2.52. The van der Waals surface area contributed by atoms with Gasteiger partial charge in [0.25, 0.3) is 0 Å². The minimum atomic E-state index is -0.946. The number of ether oxygens (including phenoxy) is 1. The van der Waals surface area contributed by atoms with Gasteiger partial charge in [0, 0.05) is 13.1 Å². The maximum absolute atomic E-state index is 12.6. The van der Waals surface area contributed by atoms with Crippen molar-refractivity contribution < 1.29 is 9.53 Å². The van der Waals surface area contributed by atoms with E-state index in [9.17, 15) is 4.79 Å². The molecular formula is C14H18ClNO2. The van der Waals surface area contributed by atoms with Crippen molar-refractivity contribution in [2.24, 2.45) is 0 Å². The number of halogens is 1. The second-order valence-corrected chi connectivity index (χ2v) is 5.07. The van der Waals surface area contributed by atoms with Gasteiger partial charge in [-0.3, -0.25) is 4.79 Å². The Kier molecular flexibility index (Phi) is 4.25. The first kappa shape index (κ1) is 13.4. The number of morpholine rings is 1. The highest BCUT2D eigenvalue weighted by molar-refractivity contribution is 6.34. The van der Waals surface area contributed by atoms with Crippen molar-refractivity contribution in [3.63, 3.8) is 0 Å². The molecule has 0 aliphatic carbocycles. The molecule has 1 aliphatic rings. The Morgan fingerprint density at radius 1 is 1.33 bits per heavy atom. The van der Waals surface area contributed by atoms with Crippen LogP contribution in [0.4, 0.5) is 0 Å². The normalized spacial score (nSPS) is 19.3. The van der Waals surface area contributed by atoms with Crippen molar-refractivity contribution in [2.45, 2.75) is 18.2 Å². The van der Waals surface area contributed by atoms with Crippen LogP contribution in [0.25, 0.3) is 0 Å². The number of benzene rings is 1. The van der Waals surface area contributed by atoms with Crippen LogP contribution in [0.15, 0.2) is 30.3 Å². The highest BCUT2D eigenvalue weighted by Gasteiger charge is 2.39. The van der Waals surface area contributed by atoms with Crippen molar-refractivity contribution in [1.82, 2.24) is 4.90 Å². The van der Waals surface area contributed by atoms with E-state index in [2.05, 4.69) is 0 Å². The molecule has 4 heteroatoms. The highest BCUT2D eigenvalue weighted by Crippen LogP contribution is 2.34. The Labute approximate surface area is 113 Å². The van der Waals surface area contributed by atoms with Gasteiger partial charge in [0.2, 0.25) is 5.91 Å². The number of amides is 1. The number of nitrogens with zero attached hydrogens (tertiary/aromatic N) is 1. The van der Waals surface area contributed by atoms with Crippen molar-refractivity contribution in [2.75, 3.05) is 26.3 Å². The highest BCUT2D eigenvalue weighted by atomic mass is 35.5. The first-order valence-electron chi connectivity index (χ1n) is 6.30. The molecule has 1 aliphatic heterocycles. The molecule has 18 heavy (non-hydrogen) atoms. The van der Waals surface area contributed by atoms with Crippen molar-refractivity contribution >= 4 is 17.5 Å². The Morgan fingerprint density at radius 2 is 1.94 bits per heavy atom. The van der Waals surface area contributed by atoms with E-state index >= 15 is 0 Å². The molecule has 1 fully saturated rings. The molecule has 0 aromatic heterocycles. The summed E-state index contributed by atoms with van der Waals surface area (Å²) in [7, 11) is 0. The van der Waals surface area contributed by atoms with E-state index in [0.717, 1.165) is 5.56 Å². The van der Waals surface area contributed by atoms with Crippen LogP contribution in [0.5, 0.6) is 0 Å². The molecular weight excluding hydrogens is 250 g/mol. The van der Waals surface area contributed by atoms with Gasteiger partial charge in [-0.2, -0.15) is 0 Å². The molecule has 0 saturated carbocycles. The van der Waals surface area contributed by atoms with Gasteiger partial charge in [-0.15, -0.1) is 11.6 Å². The largest absolute Gasteiger partial charge is 0.378 e. The van der Waals surface area contributed by atoms with Crippen LogP contribution < -0.4 is 0 Å². The summed E-state index contributed by atoms with van der Waals surface area (Å²) >= 11 is 6.60. The van der Waals surface area contributed by atoms with Gasteiger partial charge in [0.15, 0.2) is 0 Å². The minimum Gasteiger partial charge on any atom is -0.378 e. The Bertz CT molecular complexity index is 404. The summed E-state index contributed by atoms with van der Waals surface area (Å²) in [5, 5.41) is 0. The summed E-state index contributed by atoms with van der Waals surface area (Å²) in [6.07, 6.45) is 0.578. The third-order valence-electron chi connectivity index (χ3n) is 3.36. The number of hydrogen-bond donors (Lipinski definition) is 0. The van der Waals surface area contributed by atoms with Crippen LogP contribution in [-0.2, 0) is 14.4 Å². The Morgan fingerprint density at radius 3 is 2.50 bits per heavy atom. The van der Waals surface area contributed by atoms with E-state index in [0.29, 0.717) is 32.7 Å². The second kappa shape index (κ2) is 5.72. The molecule has 1 aromatic carbocycles. The summed E-state index contributed by atoms with van der Waals surface area (Å²) < 4.78 is 5.26. The van der Waals surface area contributed by atoms with Gasteiger partial charge < -0.3 is 9.64 Å². The van der Waals surface area contributed by atoms with Crippen molar-refractivity contribution in [3.05, 3.63) is 35.9 Å². The van der Waals surface area contributed by atoms with Crippen LogP contribution in [0.3, 0.4) is 0 Å². The van der Waals surface area contributed by atoms with Crippen LogP contribution in [0, 0.1) is 0 Å². The fraction of sp³-hybridized carbons (Fsp3) is 0.500. The molecule has 1 saturated heterocycles. The summed E-state index contributed by atoms with van der Waals surface area (Å²) in [6, 6.07) is 9.57. The molecule has 0 spiro atoms. The Balaban J connectivity index is 2.23. The molecule has 0 radical (unpaired) electrons. The number of hydrogen-bond acceptors (Lipinski definition) is 2. The van der Waals surface area contributed by atoms with E-state index in [-0.39, 0.29) is 5.91 Å². The SMILES string of the molecule is CCC(Cl)(C(=O)N1CCOCC1)c1ccccc1. The van der Waals surface area contributed by atoms with Crippen molar-refractivity contribution in [3.8, 4) is 0 Å². The molecule has 1 atom stereocenters. The van der Waals surface area contributed by atoms with E-state index in [4.69, 9.17) is 16.3 Å². The van der Waals surface area contributed by atoms with Gasteiger partial charge >= 0.3 is 0 Å². The van der Waals surface area contributed by atoms with Crippen LogP contribution in [0.2, 0.25) is 0 Å². The topological polar surface area (TPSA) is 29.5 Å². The van der Waals surface area contributed by atoms with E-state index < -0.39 is 4.87 Å². The molecule has 1 unspecified atom stereocenters. The van der Waals surface area contributed by atoms with Crippen LogP contribution >= 0.6 is 11.6 Å². The zero-order valence-corrected chi connectivity index (χ0v) is 11.3. The number of rotatable bonds is 3. The molecule has 0 N–H and O–H groups in total. The fourth-order valence-corrected chi connectivity index (χ4v) is 2.44. The maximum atomic E-state index is 12.6. The average Bonchev–Trinajstić information content (AvgIpc) is 2.47. The molecule has 98 valence electrons. The molecule has 0 bridgehead atoms. The van der Waals surface area contributed by atoms with Crippen LogP contribution in [-0.4, -0.2) is 37.1 Å². The van der Waals surface area contributed by atoms with Gasteiger partial charge in [0.05, 0.1) is 13.2 Å². The molecule has 2 rings (SSSR count). The summed E-state index contributed by atoms with van der Waals surface area (Å²) in [4.78, 5) is 13.4. The smallest absolute Gasteiger partial charge is 0.248 e. The molecule has 1 aromatic rings. The number of alkyl halides is 1. The zero-order chi connectivity index (χ0) is 13.0. The van der Waals surface area contributed by atoms with E-state index in [1.54, 1.807) is 4.90 Å². The lowest BCUT2D eigenvalue weighted by Gasteiger charge is -2.34. The zero-order valence-electron chi connectivity index (χ0n) is 10.6. The third-order valence-corrected chi connectivity index (χ3v) is 4.00. The first-order chi connectivity index (χ1) is 8.68. The molecule has 1 amide bonds. The summed E-state index contributed by atoms with van der Waals surface area (Å²) in [6.45, 7) is 4.38. The summed E-state index contributed by atoms with van der Waals surface area (Å²) in [5.74, 6) is -0.0128. The van der Waals surface area contributed by atoms with E-state index in [1.165, 1.54) is 0 Å². The molecule has 3 nitrogen and oxygen atoms in total. The van der Waals surface area contributed by atoms with Crippen LogP contribution in [0.1, 0.15) is 18.9 Å². The van der Waals surface area contributed by atoms with Gasteiger partial charge in [-0.1, -0.05) is 37.3 Å². The first-order valence-corrected chi connectivity index (χ1v) is 6.68. The minimum absolute atomic E-state index is 0.0128. The quantitative estimate of drug-likeness (QED) is 0.787. The predicted molar refractivity (Wildman–Crippen MR) is 71.7 cm³/mol. The van der Waals surface area contributed by atoms with Gasteiger partial charge in [-0.25, -0.2) is 0 Å². The maximum Gasteiger partial charge on any atom is 0.248 e. The summed E-state index contributed by atoms with van der Waals surface area (Å²) in [5.41, 5.74) is 0.866. The van der Waals surface area contributed by atoms with Gasteiger partial charge in [-0.05, 0) is 12.0 Å². The van der Waals surface area contributed by atoms with Crippen molar-refractivity contribution in [1.29, 1.82) is 0 Å².